The third kappa shape index (κ3) is 4.24. The van der Waals surface area contributed by atoms with Gasteiger partial charge in [0, 0.05) is 17.8 Å². The zero-order chi connectivity index (χ0) is 18.4. The van der Waals surface area contributed by atoms with Gasteiger partial charge < -0.3 is 5.32 Å². The summed E-state index contributed by atoms with van der Waals surface area (Å²) >= 11 is 1.42. The molecule has 0 spiro atoms. The van der Waals surface area contributed by atoms with E-state index in [1.807, 2.05) is 36.5 Å². The van der Waals surface area contributed by atoms with Crippen molar-refractivity contribution in [3.8, 4) is 16.9 Å². The van der Waals surface area contributed by atoms with Gasteiger partial charge in [-0.1, -0.05) is 65.9 Å². The number of nitrogens with zero attached hydrogens (tertiary/aromatic N) is 2. The second-order valence-corrected chi connectivity index (χ2v) is 6.79. The van der Waals surface area contributed by atoms with Crippen LogP contribution in [0.3, 0.4) is 0 Å². The van der Waals surface area contributed by atoms with Crippen molar-refractivity contribution in [3.63, 3.8) is 0 Å². The number of benzene rings is 2. The Morgan fingerprint density at radius 1 is 1.19 bits per heavy atom. The highest BCUT2D eigenvalue weighted by molar-refractivity contribution is 7.99. The predicted molar refractivity (Wildman–Crippen MR) is 108 cm³/mol. The van der Waals surface area contributed by atoms with E-state index in [4.69, 9.17) is 0 Å². The third-order valence-corrected chi connectivity index (χ3v) is 4.82. The first-order valence-electron chi connectivity index (χ1n) is 8.39. The van der Waals surface area contributed by atoms with Crippen molar-refractivity contribution in [2.24, 2.45) is 0 Å². The summed E-state index contributed by atoms with van der Waals surface area (Å²) in [4.78, 5) is 16.5. The van der Waals surface area contributed by atoms with Crippen LogP contribution in [0.25, 0.3) is 16.9 Å². The maximum Gasteiger partial charge on any atom is 0.230 e. The number of rotatable bonds is 7. The largest absolute Gasteiger partial charge is 0.352 e. The van der Waals surface area contributed by atoms with E-state index >= 15 is 0 Å². The van der Waals surface area contributed by atoms with E-state index in [2.05, 4.69) is 52.6 Å². The number of carbonyl (C=O) groups excluding carboxylic acids is 1. The first-order chi connectivity index (χ1) is 12.7. The molecule has 0 aliphatic carbocycles. The molecule has 0 saturated carbocycles. The number of hydrogen-bond donors (Lipinski definition) is 1. The quantitative estimate of drug-likeness (QED) is 0.504. The van der Waals surface area contributed by atoms with Crippen LogP contribution in [0.15, 0.2) is 78.6 Å². The number of hydrogen-bond acceptors (Lipinski definition) is 3. The molecule has 4 nitrogen and oxygen atoms in total. The second kappa shape index (κ2) is 8.54. The molecule has 3 rings (SSSR count). The minimum atomic E-state index is -0.0330. The molecule has 0 unspecified atom stereocenters. The van der Waals surface area contributed by atoms with Crippen LogP contribution in [0.2, 0.25) is 0 Å². The molecule has 0 atom stereocenters. The van der Waals surface area contributed by atoms with E-state index in [-0.39, 0.29) is 5.91 Å². The van der Waals surface area contributed by atoms with Crippen molar-refractivity contribution < 1.29 is 4.79 Å². The van der Waals surface area contributed by atoms with Gasteiger partial charge in [-0.05, 0) is 19.1 Å². The smallest absolute Gasteiger partial charge is 0.230 e. The van der Waals surface area contributed by atoms with Crippen LogP contribution in [-0.4, -0.2) is 27.8 Å². The Morgan fingerprint density at radius 3 is 2.62 bits per heavy atom. The lowest BCUT2D eigenvalue weighted by Gasteiger charge is -2.12. The molecular formula is C21H21N3OS. The summed E-state index contributed by atoms with van der Waals surface area (Å²) in [6, 6.07) is 18.4. The molecule has 1 amide bonds. The SMILES string of the molecule is C=CCNC(=O)CSc1ncc(-c2ccc(C)cc2)n1-c1ccccc1. The summed E-state index contributed by atoms with van der Waals surface area (Å²) in [7, 11) is 0. The summed E-state index contributed by atoms with van der Waals surface area (Å²) in [6.45, 7) is 6.15. The Bertz CT molecular complexity index is 885. The maximum absolute atomic E-state index is 11.9. The molecule has 132 valence electrons. The lowest BCUT2D eigenvalue weighted by molar-refractivity contribution is -0.118. The Labute approximate surface area is 158 Å². The first-order valence-corrected chi connectivity index (χ1v) is 9.38. The molecule has 0 bridgehead atoms. The molecule has 1 N–H and O–H groups in total. The minimum Gasteiger partial charge on any atom is -0.352 e. The van der Waals surface area contributed by atoms with Gasteiger partial charge in [0.25, 0.3) is 0 Å². The third-order valence-electron chi connectivity index (χ3n) is 3.87. The number of aromatic nitrogens is 2. The number of imidazole rings is 1. The predicted octanol–water partition coefficient (Wildman–Crippen LogP) is 4.24. The zero-order valence-corrected chi connectivity index (χ0v) is 15.5. The van der Waals surface area contributed by atoms with Crippen molar-refractivity contribution >= 4 is 17.7 Å². The number of para-hydroxylation sites is 1. The van der Waals surface area contributed by atoms with E-state index in [1.165, 1.54) is 17.3 Å². The average Bonchev–Trinajstić information content (AvgIpc) is 3.10. The minimum absolute atomic E-state index is 0.0330. The molecule has 0 fully saturated rings. The van der Waals surface area contributed by atoms with Crippen LogP contribution in [0.5, 0.6) is 0 Å². The van der Waals surface area contributed by atoms with E-state index in [0.29, 0.717) is 12.3 Å². The van der Waals surface area contributed by atoms with Crippen LogP contribution < -0.4 is 5.32 Å². The highest BCUT2D eigenvalue weighted by Crippen LogP contribution is 2.29. The van der Waals surface area contributed by atoms with Gasteiger partial charge in [0.2, 0.25) is 5.91 Å². The lowest BCUT2D eigenvalue weighted by atomic mass is 10.1. The molecule has 0 saturated heterocycles. The molecule has 0 radical (unpaired) electrons. The van der Waals surface area contributed by atoms with Crippen LogP contribution >= 0.6 is 11.8 Å². The molecule has 26 heavy (non-hydrogen) atoms. The normalized spacial score (nSPS) is 10.5. The molecular weight excluding hydrogens is 342 g/mol. The van der Waals surface area contributed by atoms with Gasteiger partial charge in [-0.25, -0.2) is 4.98 Å². The van der Waals surface area contributed by atoms with Crippen LogP contribution in [0.1, 0.15) is 5.56 Å². The van der Waals surface area contributed by atoms with Crippen LogP contribution in [-0.2, 0) is 4.79 Å². The van der Waals surface area contributed by atoms with Crippen molar-refractivity contribution in [2.75, 3.05) is 12.3 Å². The fourth-order valence-corrected chi connectivity index (χ4v) is 3.38. The summed E-state index contributed by atoms with van der Waals surface area (Å²) in [5, 5.41) is 3.58. The number of carbonyl (C=O) groups is 1. The Kier molecular flexibility index (Phi) is 5.92. The maximum atomic E-state index is 11.9. The molecule has 5 heteroatoms. The van der Waals surface area contributed by atoms with Gasteiger partial charge in [0.1, 0.15) is 0 Å². The molecule has 3 aromatic rings. The van der Waals surface area contributed by atoms with Crippen LogP contribution in [0.4, 0.5) is 0 Å². The van der Waals surface area contributed by atoms with Gasteiger partial charge >= 0.3 is 0 Å². The Hall–Kier alpha value is -2.79. The van der Waals surface area contributed by atoms with E-state index in [0.717, 1.165) is 22.1 Å². The fourth-order valence-electron chi connectivity index (χ4n) is 2.56. The van der Waals surface area contributed by atoms with Gasteiger partial charge in [-0.3, -0.25) is 9.36 Å². The highest BCUT2D eigenvalue weighted by atomic mass is 32.2. The molecule has 0 aliphatic heterocycles. The fraction of sp³-hybridized carbons (Fsp3) is 0.143. The molecule has 0 aliphatic rings. The Morgan fingerprint density at radius 2 is 1.92 bits per heavy atom. The summed E-state index contributed by atoms with van der Waals surface area (Å²) in [6.07, 6.45) is 3.53. The average molecular weight is 363 g/mol. The standard InChI is InChI=1S/C21H21N3OS/c1-3-13-22-20(25)15-26-21-23-14-19(17-11-9-16(2)10-12-17)24(21)18-7-5-4-6-8-18/h3-12,14H,1,13,15H2,2H3,(H,22,25). The highest BCUT2D eigenvalue weighted by Gasteiger charge is 2.15. The number of nitrogens with one attached hydrogen (secondary N) is 1. The van der Waals surface area contributed by atoms with Crippen molar-refractivity contribution in [3.05, 3.63) is 79.0 Å². The summed E-state index contributed by atoms with van der Waals surface area (Å²) in [5.41, 5.74) is 4.34. The zero-order valence-electron chi connectivity index (χ0n) is 14.7. The van der Waals surface area contributed by atoms with Crippen molar-refractivity contribution in [1.82, 2.24) is 14.9 Å². The Balaban J connectivity index is 1.93. The van der Waals surface area contributed by atoms with Crippen LogP contribution in [0, 0.1) is 6.92 Å². The van der Waals surface area contributed by atoms with E-state index < -0.39 is 0 Å². The lowest BCUT2D eigenvalue weighted by Crippen LogP contribution is -2.25. The second-order valence-electron chi connectivity index (χ2n) is 5.84. The van der Waals surface area contributed by atoms with Crippen molar-refractivity contribution in [2.45, 2.75) is 12.1 Å². The van der Waals surface area contributed by atoms with E-state index in [1.54, 1.807) is 6.08 Å². The summed E-state index contributed by atoms with van der Waals surface area (Å²) in [5.74, 6) is 0.278. The van der Waals surface area contributed by atoms with Gasteiger partial charge in [0.15, 0.2) is 5.16 Å². The topological polar surface area (TPSA) is 46.9 Å². The number of amides is 1. The number of thioether (sulfide) groups is 1. The van der Waals surface area contributed by atoms with Gasteiger partial charge in [-0.15, -0.1) is 6.58 Å². The van der Waals surface area contributed by atoms with E-state index in [9.17, 15) is 4.79 Å². The molecule has 1 heterocycles. The molecule has 1 aromatic heterocycles. The summed E-state index contributed by atoms with van der Waals surface area (Å²) < 4.78 is 2.09. The molecule has 2 aromatic carbocycles. The monoisotopic (exact) mass is 363 g/mol. The van der Waals surface area contributed by atoms with Crippen molar-refractivity contribution in [1.29, 1.82) is 0 Å². The van der Waals surface area contributed by atoms with Gasteiger partial charge in [0.05, 0.1) is 17.6 Å². The van der Waals surface area contributed by atoms with Gasteiger partial charge in [-0.2, -0.15) is 0 Å². The first kappa shape index (κ1) is 18.0. The number of aryl methyl sites for hydroxylation is 1.